The third-order valence-corrected chi connectivity index (χ3v) is 6.25. The molecule has 0 radical (unpaired) electrons. The van der Waals surface area contributed by atoms with E-state index in [4.69, 9.17) is 0 Å². The van der Waals surface area contributed by atoms with E-state index in [0.29, 0.717) is 29.2 Å². The number of anilines is 1. The Morgan fingerprint density at radius 1 is 1.18 bits per heavy atom. The van der Waals surface area contributed by atoms with Gasteiger partial charge in [0.05, 0.1) is 5.52 Å². The van der Waals surface area contributed by atoms with Crippen LogP contribution in [0.2, 0.25) is 0 Å². The number of carbonyl (C=O) groups is 1. The summed E-state index contributed by atoms with van der Waals surface area (Å²) in [5.74, 6) is -0.0272. The van der Waals surface area contributed by atoms with Crippen molar-refractivity contribution in [1.82, 2.24) is 19.9 Å². The summed E-state index contributed by atoms with van der Waals surface area (Å²) in [7, 11) is 1.69. The Morgan fingerprint density at radius 3 is 2.82 bits per heavy atom. The van der Waals surface area contributed by atoms with Crippen LogP contribution in [0.25, 0.3) is 22.3 Å². The van der Waals surface area contributed by atoms with Crippen LogP contribution >= 0.6 is 0 Å². The van der Waals surface area contributed by atoms with Crippen molar-refractivity contribution in [2.24, 2.45) is 13.0 Å². The standard InChI is InChI=1S/C25H24FN5O2/c1-30-22-12-19(14-27-23(22)29-25(30)33)17-3-2-4-18(11-17)24(32)28-13-16-9-10-31(15-16)21-7-5-20(26)6-8-21/h2-8,11-12,14,16H,9-10,13,15H2,1H3,(H,28,32)(H,27,29,33). The molecule has 2 aromatic carbocycles. The molecule has 1 saturated heterocycles. The third kappa shape index (κ3) is 4.24. The number of halogens is 1. The topological polar surface area (TPSA) is 83.0 Å². The molecular weight excluding hydrogens is 421 g/mol. The Balaban J connectivity index is 1.25. The molecule has 33 heavy (non-hydrogen) atoms. The first kappa shape index (κ1) is 20.9. The van der Waals surface area contributed by atoms with E-state index >= 15 is 0 Å². The molecule has 4 aromatic rings. The van der Waals surface area contributed by atoms with Gasteiger partial charge in [-0.2, -0.15) is 0 Å². The summed E-state index contributed by atoms with van der Waals surface area (Å²) in [6, 6.07) is 15.8. The molecule has 2 N–H and O–H groups in total. The summed E-state index contributed by atoms with van der Waals surface area (Å²) < 4.78 is 14.7. The van der Waals surface area contributed by atoms with E-state index in [2.05, 4.69) is 20.2 Å². The molecule has 1 fully saturated rings. The minimum absolute atomic E-state index is 0.125. The summed E-state index contributed by atoms with van der Waals surface area (Å²) in [4.78, 5) is 33.9. The van der Waals surface area contributed by atoms with Crippen LogP contribution in [0.4, 0.5) is 10.1 Å². The van der Waals surface area contributed by atoms with Crippen LogP contribution in [0, 0.1) is 11.7 Å². The second kappa shape index (κ2) is 8.54. The predicted octanol–water partition coefficient (Wildman–Crippen LogP) is 3.32. The molecule has 3 heterocycles. The van der Waals surface area contributed by atoms with Gasteiger partial charge < -0.3 is 10.2 Å². The van der Waals surface area contributed by atoms with Crippen molar-refractivity contribution < 1.29 is 9.18 Å². The first-order chi connectivity index (χ1) is 16.0. The number of amides is 1. The van der Waals surface area contributed by atoms with Crippen LogP contribution in [0.15, 0.2) is 65.6 Å². The molecule has 0 spiro atoms. The van der Waals surface area contributed by atoms with Gasteiger partial charge in [0.15, 0.2) is 5.65 Å². The van der Waals surface area contributed by atoms with Gasteiger partial charge in [0.2, 0.25) is 0 Å². The fraction of sp³-hybridized carbons (Fsp3) is 0.240. The quantitative estimate of drug-likeness (QED) is 0.494. The Labute approximate surface area is 189 Å². The lowest BCUT2D eigenvalue weighted by Gasteiger charge is -2.19. The van der Waals surface area contributed by atoms with Gasteiger partial charge >= 0.3 is 5.69 Å². The first-order valence-corrected chi connectivity index (χ1v) is 10.9. The minimum atomic E-state index is -0.239. The Bertz CT molecular complexity index is 1380. The van der Waals surface area contributed by atoms with Gasteiger partial charge in [-0.25, -0.2) is 14.2 Å². The van der Waals surface area contributed by atoms with E-state index in [1.807, 2.05) is 24.3 Å². The number of hydrogen-bond donors (Lipinski definition) is 2. The number of nitrogens with zero attached hydrogens (tertiary/aromatic N) is 3. The van der Waals surface area contributed by atoms with E-state index in [-0.39, 0.29) is 17.4 Å². The minimum Gasteiger partial charge on any atom is -0.371 e. The lowest BCUT2D eigenvalue weighted by Crippen LogP contribution is -2.31. The molecule has 1 aliphatic rings. The number of carbonyl (C=O) groups excluding carboxylic acids is 1. The number of hydrogen-bond acceptors (Lipinski definition) is 4. The molecular formula is C25H24FN5O2. The van der Waals surface area contributed by atoms with E-state index in [1.165, 1.54) is 16.7 Å². The van der Waals surface area contributed by atoms with E-state index in [1.54, 1.807) is 31.4 Å². The number of aromatic amines is 1. The summed E-state index contributed by atoms with van der Waals surface area (Å²) in [5.41, 5.74) is 4.29. The van der Waals surface area contributed by atoms with Crippen molar-refractivity contribution >= 4 is 22.8 Å². The highest BCUT2D eigenvalue weighted by atomic mass is 19.1. The fourth-order valence-electron chi connectivity index (χ4n) is 4.32. The maximum Gasteiger partial charge on any atom is 0.327 e. The van der Waals surface area contributed by atoms with Crippen LogP contribution in [0.3, 0.4) is 0 Å². The molecule has 7 nitrogen and oxygen atoms in total. The SMILES string of the molecule is Cn1c(=O)[nH]c2ncc(-c3cccc(C(=O)NCC4CCN(c5ccc(F)cc5)C4)c3)cc21. The average Bonchev–Trinajstić information content (AvgIpc) is 3.42. The molecule has 1 amide bonds. The van der Waals surface area contributed by atoms with Gasteiger partial charge in [0.1, 0.15) is 5.82 Å². The van der Waals surface area contributed by atoms with Gasteiger partial charge in [0, 0.05) is 49.7 Å². The molecule has 168 valence electrons. The smallest absolute Gasteiger partial charge is 0.327 e. The number of benzene rings is 2. The maximum atomic E-state index is 13.2. The first-order valence-electron chi connectivity index (χ1n) is 10.9. The second-order valence-corrected chi connectivity index (χ2v) is 8.45. The van der Waals surface area contributed by atoms with Crippen molar-refractivity contribution in [3.8, 4) is 11.1 Å². The van der Waals surface area contributed by atoms with Crippen molar-refractivity contribution in [3.05, 3.63) is 82.7 Å². The molecule has 1 aliphatic heterocycles. The van der Waals surface area contributed by atoms with E-state index in [0.717, 1.165) is 36.3 Å². The number of rotatable bonds is 5. The van der Waals surface area contributed by atoms with Crippen LogP contribution in [0.1, 0.15) is 16.8 Å². The molecule has 1 unspecified atom stereocenters. The van der Waals surface area contributed by atoms with Crippen molar-refractivity contribution in [3.63, 3.8) is 0 Å². The lowest BCUT2D eigenvalue weighted by atomic mass is 10.0. The molecule has 1 atom stereocenters. The Hall–Kier alpha value is -3.94. The number of imidazole rings is 1. The zero-order valence-corrected chi connectivity index (χ0v) is 18.2. The van der Waals surface area contributed by atoms with Gasteiger partial charge in [-0.3, -0.25) is 14.3 Å². The highest BCUT2D eigenvalue weighted by molar-refractivity contribution is 5.95. The summed E-state index contributed by atoms with van der Waals surface area (Å²) >= 11 is 0. The van der Waals surface area contributed by atoms with Gasteiger partial charge in [-0.05, 0) is 60.4 Å². The van der Waals surface area contributed by atoms with Crippen LogP contribution in [-0.4, -0.2) is 40.1 Å². The van der Waals surface area contributed by atoms with Crippen molar-refractivity contribution in [2.75, 3.05) is 24.5 Å². The molecule has 8 heteroatoms. The van der Waals surface area contributed by atoms with E-state index in [9.17, 15) is 14.0 Å². The average molecular weight is 445 g/mol. The molecule has 0 saturated carbocycles. The lowest BCUT2D eigenvalue weighted by molar-refractivity contribution is 0.0948. The summed E-state index contributed by atoms with van der Waals surface area (Å²) in [6.07, 6.45) is 2.66. The van der Waals surface area contributed by atoms with Crippen molar-refractivity contribution in [2.45, 2.75) is 6.42 Å². The largest absolute Gasteiger partial charge is 0.371 e. The third-order valence-electron chi connectivity index (χ3n) is 6.25. The number of nitrogens with one attached hydrogen (secondary N) is 2. The number of pyridine rings is 1. The molecule has 2 aromatic heterocycles. The Kier molecular flexibility index (Phi) is 5.42. The molecule has 0 bridgehead atoms. The monoisotopic (exact) mass is 445 g/mol. The van der Waals surface area contributed by atoms with Crippen molar-refractivity contribution in [1.29, 1.82) is 0 Å². The maximum absolute atomic E-state index is 13.2. The van der Waals surface area contributed by atoms with Gasteiger partial charge in [-0.15, -0.1) is 0 Å². The summed E-state index contributed by atoms with van der Waals surface area (Å²) in [6.45, 7) is 2.30. The highest BCUT2D eigenvalue weighted by Gasteiger charge is 2.23. The van der Waals surface area contributed by atoms with Crippen LogP contribution in [-0.2, 0) is 7.05 Å². The predicted molar refractivity (Wildman–Crippen MR) is 126 cm³/mol. The van der Waals surface area contributed by atoms with Gasteiger partial charge in [-0.1, -0.05) is 12.1 Å². The Morgan fingerprint density at radius 2 is 2.00 bits per heavy atom. The van der Waals surface area contributed by atoms with Gasteiger partial charge in [0.25, 0.3) is 5.91 Å². The zero-order chi connectivity index (χ0) is 22.9. The number of aromatic nitrogens is 3. The van der Waals surface area contributed by atoms with Crippen LogP contribution < -0.4 is 15.9 Å². The second-order valence-electron chi connectivity index (χ2n) is 8.45. The highest BCUT2D eigenvalue weighted by Crippen LogP contribution is 2.25. The fourth-order valence-corrected chi connectivity index (χ4v) is 4.32. The van der Waals surface area contributed by atoms with E-state index < -0.39 is 0 Å². The zero-order valence-electron chi connectivity index (χ0n) is 18.2. The number of H-pyrrole nitrogens is 1. The van der Waals surface area contributed by atoms with Crippen LogP contribution in [0.5, 0.6) is 0 Å². The molecule has 0 aliphatic carbocycles. The normalized spacial score (nSPS) is 15.8. The molecule has 5 rings (SSSR count). The number of fused-ring (bicyclic) bond motifs is 1. The number of aryl methyl sites for hydroxylation is 1. The summed E-state index contributed by atoms with van der Waals surface area (Å²) in [5, 5.41) is 3.05.